The number of ether oxygens (including phenoxy) is 1. The Bertz CT molecular complexity index is 712. The molecule has 0 spiro atoms. The summed E-state index contributed by atoms with van der Waals surface area (Å²) in [6.07, 6.45) is 1.71. The Balaban J connectivity index is 1.73. The maximum atomic E-state index is 12.8. The molecule has 3 rings (SSSR count). The zero-order valence-corrected chi connectivity index (χ0v) is 15.0. The van der Waals surface area contributed by atoms with Gasteiger partial charge < -0.3 is 15.4 Å². The second kappa shape index (κ2) is 7.81. The Morgan fingerprint density at radius 1 is 1.12 bits per heavy atom. The monoisotopic (exact) mass is 388 g/mol. The summed E-state index contributed by atoms with van der Waals surface area (Å²) >= 11 is 3.52. The lowest BCUT2D eigenvalue weighted by atomic mass is 10.0. The highest BCUT2D eigenvalue weighted by Crippen LogP contribution is 2.24. The fourth-order valence-corrected chi connectivity index (χ4v) is 3.21. The van der Waals surface area contributed by atoms with Crippen LogP contribution in [0.25, 0.3) is 0 Å². The summed E-state index contributed by atoms with van der Waals surface area (Å²) in [4.78, 5) is 14.7. The lowest BCUT2D eigenvalue weighted by Crippen LogP contribution is -2.42. The summed E-state index contributed by atoms with van der Waals surface area (Å²) < 4.78 is 6.93. The third kappa shape index (κ3) is 3.97. The third-order valence-corrected chi connectivity index (χ3v) is 5.06. The minimum absolute atomic E-state index is 0.0182. The number of rotatable bonds is 4. The number of likely N-dealkylation sites (tertiary alicyclic amines) is 1. The first kappa shape index (κ1) is 17.0. The third-order valence-electron chi connectivity index (χ3n) is 4.29. The van der Waals surface area contributed by atoms with Crippen molar-refractivity contribution in [3.8, 4) is 5.75 Å². The van der Waals surface area contributed by atoms with Gasteiger partial charge in [0.15, 0.2) is 0 Å². The van der Waals surface area contributed by atoms with Crippen molar-refractivity contribution in [2.75, 3.05) is 13.1 Å². The molecular formula is C19H21BrN2O2. The Labute approximate surface area is 150 Å². The van der Waals surface area contributed by atoms with Crippen LogP contribution in [0.2, 0.25) is 0 Å². The van der Waals surface area contributed by atoms with Gasteiger partial charge in [0, 0.05) is 29.2 Å². The molecule has 0 aromatic heterocycles. The molecule has 0 unspecified atom stereocenters. The van der Waals surface area contributed by atoms with E-state index in [1.165, 1.54) is 0 Å². The average Bonchev–Trinajstić information content (AvgIpc) is 2.61. The number of para-hydroxylation sites is 1. The Kier molecular flexibility index (Phi) is 5.53. The van der Waals surface area contributed by atoms with Gasteiger partial charge in [-0.1, -0.05) is 46.3 Å². The van der Waals surface area contributed by atoms with Gasteiger partial charge in [0.1, 0.15) is 12.4 Å². The zero-order valence-electron chi connectivity index (χ0n) is 13.5. The van der Waals surface area contributed by atoms with Crippen LogP contribution in [-0.4, -0.2) is 29.9 Å². The van der Waals surface area contributed by atoms with Gasteiger partial charge >= 0.3 is 0 Å². The molecule has 5 heteroatoms. The summed E-state index contributed by atoms with van der Waals surface area (Å²) in [5, 5.41) is 0. The second-order valence-electron chi connectivity index (χ2n) is 6.01. The molecule has 2 aromatic carbocycles. The number of benzene rings is 2. The van der Waals surface area contributed by atoms with Gasteiger partial charge in [-0.25, -0.2) is 0 Å². The Morgan fingerprint density at radius 2 is 1.79 bits per heavy atom. The number of amides is 1. The van der Waals surface area contributed by atoms with Gasteiger partial charge in [0.2, 0.25) is 0 Å². The minimum Gasteiger partial charge on any atom is -0.488 e. The van der Waals surface area contributed by atoms with E-state index in [1.54, 1.807) is 0 Å². The first-order valence-corrected chi connectivity index (χ1v) is 8.94. The number of carbonyl (C=O) groups is 1. The normalized spacial score (nSPS) is 15.3. The molecule has 1 saturated heterocycles. The number of hydrogen-bond acceptors (Lipinski definition) is 3. The molecule has 0 radical (unpaired) electrons. The van der Waals surface area contributed by atoms with E-state index in [0.29, 0.717) is 31.0 Å². The Morgan fingerprint density at radius 3 is 2.54 bits per heavy atom. The van der Waals surface area contributed by atoms with E-state index in [0.717, 1.165) is 22.9 Å². The van der Waals surface area contributed by atoms with Crippen LogP contribution in [0.5, 0.6) is 5.75 Å². The first-order valence-electron chi connectivity index (χ1n) is 8.15. The Hall–Kier alpha value is -1.85. The SMILES string of the molecule is NC1CCN(C(=O)c2ccccc2OCc2ccccc2Br)CC1. The van der Waals surface area contributed by atoms with Crippen molar-refractivity contribution >= 4 is 21.8 Å². The molecule has 24 heavy (non-hydrogen) atoms. The summed E-state index contributed by atoms with van der Waals surface area (Å²) in [6.45, 7) is 1.83. The number of nitrogens with two attached hydrogens (primary N) is 1. The van der Waals surface area contributed by atoms with E-state index in [2.05, 4.69) is 15.9 Å². The predicted molar refractivity (Wildman–Crippen MR) is 98.0 cm³/mol. The largest absolute Gasteiger partial charge is 0.488 e. The van der Waals surface area contributed by atoms with Gasteiger partial charge in [-0.05, 0) is 31.0 Å². The highest BCUT2D eigenvalue weighted by molar-refractivity contribution is 9.10. The van der Waals surface area contributed by atoms with Crippen LogP contribution in [0.4, 0.5) is 0 Å². The molecule has 1 amide bonds. The quantitative estimate of drug-likeness (QED) is 0.870. The number of halogens is 1. The van der Waals surface area contributed by atoms with Gasteiger partial charge in [-0.15, -0.1) is 0 Å². The van der Waals surface area contributed by atoms with Crippen molar-refractivity contribution in [3.63, 3.8) is 0 Å². The fourth-order valence-electron chi connectivity index (χ4n) is 2.81. The van der Waals surface area contributed by atoms with Crippen molar-refractivity contribution in [3.05, 3.63) is 64.1 Å². The smallest absolute Gasteiger partial charge is 0.257 e. The van der Waals surface area contributed by atoms with Gasteiger partial charge in [0.05, 0.1) is 5.56 Å². The number of carbonyl (C=O) groups excluding carboxylic acids is 1. The average molecular weight is 389 g/mol. The second-order valence-corrected chi connectivity index (χ2v) is 6.86. The molecule has 0 bridgehead atoms. The van der Waals surface area contributed by atoms with E-state index >= 15 is 0 Å². The maximum absolute atomic E-state index is 12.8. The van der Waals surface area contributed by atoms with Crippen molar-refractivity contribution in [2.45, 2.75) is 25.5 Å². The fraction of sp³-hybridized carbons (Fsp3) is 0.316. The lowest BCUT2D eigenvalue weighted by Gasteiger charge is -2.30. The van der Waals surface area contributed by atoms with Crippen LogP contribution in [0.3, 0.4) is 0 Å². The van der Waals surface area contributed by atoms with E-state index in [4.69, 9.17) is 10.5 Å². The maximum Gasteiger partial charge on any atom is 0.257 e. The summed E-state index contributed by atoms with van der Waals surface area (Å²) in [6, 6.07) is 15.5. The molecule has 0 atom stereocenters. The molecule has 2 N–H and O–H groups in total. The van der Waals surface area contributed by atoms with Crippen LogP contribution < -0.4 is 10.5 Å². The summed E-state index contributed by atoms with van der Waals surface area (Å²) in [7, 11) is 0. The number of hydrogen-bond donors (Lipinski definition) is 1. The van der Waals surface area contributed by atoms with Gasteiger partial charge in [-0.3, -0.25) is 4.79 Å². The lowest BCUT2D eigenvalue weighted by molar-refractivity contribution is 0.0710. The van der Waals surface area contributed by atoms with Crippen molar-refractivity contribution < 1.29 is 9.53 Å². The molecule has 0 aliphatic carbocycles. The molecule has 1 aliphatic rings. The predicted octanol–water partition coefficient (Wildman–Crippen LogP) is 3.59. The molecular weight excluding hydrogens is 368 g/mol. The highest BCUT2D eigenvalue weighted by atomic mass is 79.9. The standard InChI is InChI=1S/C19H21BrN2O2/c20-17-7-3-1-5-14(17)13-24-18-8-4-2-6-16(18)19(23)22-11-9-15(21)10-12-22/h1-8,15H,9-13,21H2. The topological polar surface area (TPSA) is 55.6 Å². The van der Waals surface area contributed by atoms with Crippen LogP contribution in [-0.2, 0) is 6.61 Å². The van der Waals surface area contributed by atoms with Crippen LogP contribution in [0.15, 0.2) is 53.0 Å². The molecule has 1 fully saturated rings. The first-order chi connectivity index (χ1) is 11.6. The number of piperidine rings is 1. The summed E-state index contributed by atoms with van der Waals surface area (Å²) in [5.41, 5.74) is 7.58. The zero-order chi connectivity index (χ0) is 16.9. The van der Waals surface area contributed by atoms with Crippen LogP contribution in [0.1, 0.15) is 28.8 Å². The molecule has 2 aromatic rings. The van der Waals surface area contributed by atoms with Crippen molar-refractivity contribution in [1.29, 1.82) is 0 Å². The number of nitrogens with zero attached hydrogens (tertiary/aromatic N) is 1. The van der Waals surface area contributed by atoms with E-state index in [-0.39, 0.29) is 11.9 Å². The molecule has 126 valence electrons. The minimum atomic E-state index is 0.0182. The molecule has 0 saturated carbocycles. The highest BCUT2D eigenvalue weighted by Gasteiger charge is 2.23. The summed E-state index contributed by atoms with van der Waals surface area (Å²) in [5.74, 6) is 0.637. The van der Waals surface area contributed by atoms with Crippen LogP contribution in [0, 0.1) is 0 Å². The van der Waals surface area contributed by atoms with Crippen molar-refractivity contribution in [2.24, 2.45) is 5.73 Å². The van der Waals surface area contributed by atoms with Crippen molar-refractivity contribution in [1.82, 2.24) is 4.90 Å². The van der Waals surface area contributed by atoms with E-state index in [9.17, 15) is 4.79 Å². The van der Waals surface area contributed by atoms with Gasteiger partial charge in [-0.2, -0.15) is 0 Å². The van der Waals surface area contributed by atoms with E-state index < -0.39 is 0 Å². The van der Waals surface area contributed by atoms with Gasteiger partial charge in [0.25, 0.3) is 5.91 Å². The molecule has 1 heterocycles. The van der Waals surface area contributed by atoms with Crippen LogP contribution >= 0.6 is 15.9 Å². The molecule has 4 nitrogen and oxygen atoms in total. The van der Waals surface area contributed by atoms with E-state index in [1.807, 2.05) is 53.4 Å². The molecule has 1 aliphatic heterocycles.